The molecule has 2 aromatic heterocycles. The molecule has 0 aromatic carbocycles. The van der Waals surface area contributed by atoms with E-state index in [0.29, 0.717) is 11.0 Å². The Labute approximate surface area is 126 Å². The molecule has 20 heavy (non-hydrogen) atoms. The van der Waals surface area contributed by atoms with Gasteiger partial charge in [0, 0.05) is 31.2 Å². The molecule has 0 unspecified atom stereocenters. The molecule has 0 amide bonds. The average Bonchev–Trinajstić information content (AvgIpc) is 2.85. The third-order valence-corrected chi connectivity index (χ3v) is 4.76. The molecule has 8 heteroatoms. The van der Waals surface area contributed by atoms with Crippen molar-refractivity contribution in [3.63, 3.8) is 0 Å². The van der Waals surface area contributed by atoms with E-state index in [-0.39, 0.29) is 17.3 Å². The Hall–Kier alpha value is -1.38. The average molecular weight is 359 g/mol. The van der Waals surface area contributed by atoms with Gasteiger partial charge in [0.05, 0.1) is 4.47 Å². The minimum absolute atomic E-state index is 0.178. The lowest BCUT2D eigenvalue weighted by Gasteiger charge is -2.06. The van der Waals surface area contributed by atoms with E-state index in [4.69, 9.17) is 5.73 Å². The summed E-state index contributed by atoms with van der Waals surface area (Å²) in [6.45, 7) is 2.88. The summed E-state index contributed by atoms with van der Waals surface area (Å²) in [5.74, 6) is 0.256. The largest absolute Gasteiger partial charge is 0.349 e. The molecule has 0 bridgehead atoms. The van der Waals surface area contributed by atoms with Crippen LogP contribution in [0.1, 0.15) is 12.6 Å². The van der Waals surface area contributed by atoms with Crippen molar-refractivity contribution in [2.75, 3.05) is 4.72 Å². The molecule has 0 fully saturated rings. The summed E-state index contributed by atoms with van der Waals surface area (Å²) < 4.78 is 29.5. The van der Waals surface area contributed by atoms with Gasteiger partial charge in [-0.25, -0.2) is 13.4 Å². The summed E-state index contributed by atoms with van der Waals surface area (Å²) in [6.07, 6.45) is 3.09. The zero-order chi connectivity index (χ0) is 14.8. The number of rotatable bonds is 5. The maximum absolute atomic E-state index is 12.3. The zero-order valence-electron chi connectivity index (χ0n) is 10.9. The van der Waals surface area contributed by atoms with Gasteiger partial charge in [-0.3, -0.25) is 4.72 Å². The summed E-state index contributed by atoms with van der Waals surface area (Å²) >= 11 is 3.25. The van der Waals surface area contributed by atoms with E-state index >= 15 is 0 Å². The number of halogens is 1. The van der Waals surface area contributed by atoms with Crippen LogP contribution >= 0.6 is 15.9 Å². The van der Waals surface area contributed by atoms with E-state index in [1.54, 1.807) is 24.4 Å². The molecule has 2 rings (SSSR count). The first-order valence-corrected chi connectivity index (χ1v) is 8.28. The highest BCUT2D eigenvalue weighted by Gasteiger charge is 2.19. The fourth-order valence-corrected chi connectivity index (χ4v) is 3.36. The number of aromatic nitrogens is 2. The topological polar surface area (TPSA) is 90.0 Å². The lowest BCUT2D eigenvalue weighted by Crippen LogP contribution is -2.13. The number of hydrogen-bond donors (Lipinski definition) is 2. The number of sulfonamides is 1. The van der Waals surface area contributed by atoms with Crippen LogP contribution in [-0.2, 0) is 23.1 Å². The SMILES string of the molecule is CCn1cc(S(=O)(=O)Nc2ncccc2Br)cc1CN. The minimum atomic E-state index is -3.68. The highest BCUT2D eigenvalue weighted by atomic mass is 79.9. The van der Waals surface area contributed by atoms with Crippen LogP contribution in [-0.4, -0.2) is 18.0 Å². The van der Waals surface area contributed by atoms with Gasteiger partial charge in [-0.1, -0.05) is 0 Å². The Morgan fingerprint density at radius 3 is 2.80 bits per heavy atom. The number of nitrogens with one attached hydrogen (secondary N) is 1. The Balaban J connectivity index is 2.36. The number of aryl methyl sites for hydroxylation is 1. The Kier molecular flexibility index (Phi) is 4.46. The van der Waals surface area contributed by atoms with Gasteiger partial charge in [-0.05, 0) is 41.1 Å². The van der Waals surface area contributed by atoms with Crippen LogP contribution in [0, 0.1) is 0 Å². The predicted octanol–water partition coefficient (Wildman–Crippen LogP) is 1.93. The molecule has 3 N–H and O–H groups in total. The van der Waals surface area contributed by atoms with Crippen molar-refractivity contribution >= 4 is 31.8 Å². The van der Waals surface area contributed by atoms with Gasteiger partial charge in [0.15, 0.2) is 5.82 Å². The third kappa shape index (κ3) is 3.02. The Bertz CT molecular complexity index is 690. The monoisotopic (exact) mass is 358 g/mol. The number of nitrogens with zero attached hydrogens (tertiary/aromatic N) is 2. The molecule has 0 saturated carbocycles. The molecule has 108 valence electrons. The fraction of sp³-hybridized carbons (Fsp3) is 0.250. The van der Waals surface area contributed by atoms with Crippen molar-refractivity contribution in [2.45, 2.75) is 24.9 Å². The molecule has 0 saturated heterocycles. The fourth-order valence-electron chi connectivity index (χ4n) is 1.79. The number of nitrogens with two attached hydrogens (primary N) is 1. The minimum Gasteiger partial charge on any atom is -0.349 e. The molecular weight excluding hydrogens is 344 g/mol. The lowest BCUT2D eigenvalue weighted by atomic mass is 10.4. The van der Waals surface area contributed by atoms with Crippen molar-refractivity contribution < 1.29 is 8.42 Å². The molecule has 0 aliphatic heterocycles. The first-order chi connectivity index (χ1) is 9.47. The van der Waals surface area contributed by atoms with Crippen LogP contribution < -0.4 is 10.5 Å². The molecule has 0 aliphatic rings. The van der Waals surface area contributed by atoms with E-state index in [1.807, 2.05) is 11.5 Å². The predicted molar refractivity (Wildman–Crippen MR) is 80.7 cm³/mol. The molecule has 6 nitrogen and oxygen atoms in total. The van der Waals surface area contributed by atoms with Crippen molar-refractivity contribution in [3.05, 3.63) is 40.8 Å². The first-order valence-electron chi connectivity index (χ1n) is 6.00. The van der Waals surface area contributed by atoms with Crippen LogP contribution in [0.15, 0.2) is 40.0 Å². The van der Waals surface area contributed by atoms with Crippen LogP contribution in [0.4, 0.5) is 5.82 Å². The first kappa shape index (κ1) is 15.0. The summed E-state index contributed by atoms with van der Waals surface area (Å²) in [4.78, 5) is 4.17. The summed E-state index contributed by atoms with van der Waals surface area (Å²) in [7, 11) is -3.68. The van der Waals surface area contributed by atoms with Crippen LogP contribution in [0.5, 0.6) is 0 Å². The van der Waals surface area contributed by atoms with E-state index < -0.39 is 10.0 Å². The van der Waals surface area contributed by atoms with Gasteiger partial charge in [0.25, 0.3) is 10.0 Å². The normalized spacial score (nSPS) is 11.6. The van der Waals surface area contributed by atoms with Gasteiger partial charge in [0.1, 0.15) is 4.90 Å². The highest BCUT2D eigenvalue weighted by molar-refractivity contribution is 9.10. The molecular formula is C12H15BrN4O2S. The van der Waals surface area contributed by atoms with Crippen molar-refractivity contribution in [1.82, 2.24) is 9.55 Å². The number of pyridine rings is 1. The molecule has 2 aromatic rings. The lowest BCUT2D eigenvalue weighted by molar-refractivity contribution is 0.600. The number of hydrogen-bond acceptors (Lipinski definition) is 4. The quantitative estimate of drug-likeness (QED) is 0.854. The number of anilines is 1. The van der Waals surface area contributed by atoms with E-state index in [1.165, 1.54) is 6.20 Å². The summed E-state index contributed by atoms with van der Waals surface area (Å²) in [5.41, 5.74) is 6.37. The molecule has 2 heterocycles. The Morgan fingerprint density at radius 2 is 2.25 bits per heavy atom. The molecule has 0 radical (unpaired) electrons. The van der Waals surface area contributed by atoms with Crippen molar-refractivity contribution in [2.24, 2.45) is 5.73 Å². The zero-order valence-corrected chi connectivity index (χ0v) is 13.3. The molecule has 0 atom stereocenters. The second kappa shape index (κ2) is 5.94. The molecule has 0 aliphatic carbocycles. The van der Waals surface area contributed by atoms with Crippen molar-refractivity contribution in [1.29, 1.82) is 0 Å². The second-order valence-corrected chi connectivity index (χ2v) is 6.63. The van der Waals surface area contributed by atoms with Crippen LogP contribution in [0.25, 0.3) is 0 Å². The summed E-state index contributed by atoms with van der Waals surface area (Å²) in [5, 5.41) is 0. The van der Waals surface area contributed by atoms with Crippen molar-refractivity contribution in [3.8, 4) is 0 Å². The van der Waals surface area contributed by atoms with Gasteiger partial charge in [-0.15, -0.1) is 0 Å². The summed E-state index contributed by atoms with van der Waals surface area (Å²) in [6, 6.07) is 5.00. The van der Waals surface area contributed by atoms with Gasteiger partial charge < -0.3 is 10.3 Å². The van der Waals surface area contributed by atoms with Gasteiger partial charge in [0.2, 0.25) is 0 Å². The van der Waals surface area contributed by atoms with Gasteiger partial charge >= 0.3 is 0 Å². The van der Waals surface area contributed by atoms with E-state index in [9.17, 15) is 8.42 Å². The van der Waals surface area contributed by atoms with Crippen LogP contribution in [0.3, 0.4) is 0 Å². The standard InChI is InChI=1S/C12H15BrN4O2S/c1-2-17-8-10(6-9(17)7-14)20(18,19)16-12-11(13)4-3-5-15-12/h3-6,8H,2,7,14H2,1H3,(H,15,16). The maximum Gasteiger partial charge on any atom is 0.264 e. The molecule has 0 spiro atoms. The third-order valence-electron chi connectivity index (χ3n) is 2.81. The second-order valence-electron chi connectivity index (χ2n) is 4.10. The maximum atomic E-state index is 12.3. The van der Waals surface area contributed by atoms with Gasteiger partial charge in [-0.2, -0.15) is 0 Å². The Morgan fingerprint density at radius 1 is 1.50 bits per heavy atom. The van der Waals surface area contributed by atoms with Crippen LogP contribution in [0.2, 0.25) is 0 Å². The highest BCUT2D eigenvalue weighted by Crippen LogP contribution is 2.23. The van der Waals surface area contributed by atoms with E-state index in [0.717, 1.165) is 5.69 Å². The smallest absolute Gasteiger partial charge is 0.264 e. The van der Waals surface area contributed by atoms with E-state index in [2.05, 4.69) is 25.6 Å².